The summed E-state index contributed by atoms with van der Waals surface area (Å²) in [6.45, 7) is 0. The molecule has 5 heteroatoms. The molecule has 1 atom stereocenters. The quantitative estimate of drug-likeness (QED) is 0.937. The molecule has 2 aromatic rings. The van der Waals surface area contributed by atoms with Crippen LogP contribution in [-0.2, 0) is 4.79 Å². The van der Waals surface area contributed by atoms with E-state index in [1.165, 1.54) is 24.3 Å². The Balaban J connectivity index is 2.49. The van der Waals surface area contributed by atoms with E-state index < -0.39 is 23.5 Å². The van der Waals surface area contributed by atoms with Gasteiger partial charge in [0.1, 0.15) is 0 Å². The number of aliphatic carboxylic acids is 1. The number of nitriles is 1. The van der Waals surface area contributed by atoms with Gasteiger partial charge in [0.25, 0.3) is 0 Å². The minimum absolute atomic E-state index is 0.0119. The second-order valence-electron chi connectivity index (χ2n) is 4.53. The molecule has 0 aromatic heterocycles. The van der Waals surface area contributed by atoms with E-state index in [1.54, 1.807) is 12.1 Å². The van der Waals surface area contributed by atoms with Gasteiger partial charge in [-0.25, -0.2) is 8.78 Å². The molecule has 0 saturated carbocycles. The summed E-state index contributed by atoms with van der Waals surface area (Å²) in [5.74, 6) is -4.00. The van der Waals surface area contributed by atoms with E-state index in [0.717, 1.165) is 6.07 Å². The fourth-order valence-corrected chi connectivity index (χ4v) is 2.16. The lowest BCUT2D eigenvalue weighted by molar-refractivity contribution is -0.137. The Morgan fingerprint density at radius 1 is 1.19 bits per heavy atom. The third-order valence-corrected chi connectivity index (χ3v) is 3.18. The molecule has 1 N–H and O–H groups in total. The highest BCUT2D eigenvalue weighted by atomic mass is 19.2. The Morgan fingerprint density at radius 2 is 1.86 bits per heavy atom. The zero-order valence-electron chi connectivity index (χ0n) is 10.9. The van der Waals surface area contributed by atoms with Crippen molar-refractivity contribution in [2.45, 2.75) is 12.3 Å². The molecule has 1 unspecified atom stereocenters. The predicted octanol–water partition coefficient (Wildman–Crippen LogP) is 3.44. The number of hydrogen-bond donors (Lipinski definition) is 1. The standard InChI is InChI=1S/C16H11F2NO2/c17-14-3-1-2-12(16(14)18)13(8-15(20)21)11-6-4-10(9-19)5-7-11/h1-7,13H,8H2,(H,20,21). The third kappa shape index (κ3) is 3.23. The van der Waals surface area contributed by atoms with Crippen LogP contribution in [0.15, 0.2) is 42.5 Å². The van der Waals surface area contributed by atoms with Gasteiger partial charge >= 0.3 is 5.97 Å². The largest absolute Gasteiger partial charge is 0.481 e. The molecule has 0 aliphatic rings. The molecule has 0 spiro atoms. The van der Waals surface area contributed by atoms with Crippen LogP contribution in [0.3, 0.4) is 0 Å². The van der Waals surface area contributed by atoms with E-state index in [-0.39, 0.29) is 12.0 Å². The van der Waals surface area contributed by atoms with Gasteiger partial charge in [-0.05, 0) is 29.3 Å². The second-order valence-corrected chi connectivity index (χ2v) is 4.53. The highest BCUT2D eigenvalue weighted by Crippen LogP contribution is 2.31. The molecule has 0 aliphatic carbocycles. The first-order chi connectivity index (χ1) is 10.0. The topological polar surface area (TPSA) is 61.1 Å². The Bertz CT molecular complexity index is 705. The first-order valence-electron chi connectivity index (χ1n) is 6.18. The molecule has 0 saturated heterocycles. The monoisotopic (exact) mass is 287 g/mol. The summed E-state index contributed by atoms with van der Waals surface area (Å²) in [7, 11) is 0. The van der Waals surface area contributed by atoms with Crippen molar-refractivity contribution in [3.05, 3.63) is 70.8 Å². The van der Waals surface area contributed by atoms with Crippen LogP contribution in [0.25, 0.3) is 0 Å². The van der Waals surface area contributed by atoms with Crippen molar-refractivity contribution in [2.75, 3.05) is 0 Å². The minimum atomic E-state index is -1.12. The highest BCUT2D eigenvalue weighted by molar-refractivity contribution is 5.69. The van der Waals surface area contributed by atoms with Gasteiger partial charge in [0.15, 0.2) is 11.6 Å². The van der Waals surface area contributed by atoms with Gasteiger partial charge in [-0.15, -0.1) is 0 Å². The van der Waals surface area contributed by atoms with Gasteiger partial charge in [0, 0.05) is 5.92 Å². The maximum Gasteiger partial charge on any atom is 0.304 e. The maximum atomic E-state index is 13.9. The molecule has 2 rings (SSSR count). The zero-order chi connectivity index (χ0) is 15.4. The van der Waals surface area contributed by atoms with E-state index in [2.05, 4.69) is 0 Å². The van der Waals surface area contributed by atoms with Gasteiger partial charge in [0.05, 0.1) is 18.1 Å². The number of hydrogen-bond acceptors (Lipinski definition) is 2. The van der Waals surface area contributed by atoms with E-state index in [1.807, 2.05) is 6.07 Å². The molecule has 0 aliphatic heterocycles. The molecule has 0 bridgehead atoms. The summed E-state index contributed by atoms with van der Waals surface area (Å²) < 4.78 is 27.3. The summed E-state index contributed by atoms with van der Waals surface area (Å²) in [5.41, 5.74) is 0.913. The lowest BCUT2D eigenvalue weighted by atomic mass is 9.87. The molecular weight excluding hydrogens is 276 g/mol. The second kappa shape index (κ2) is 6.14. The fourth-order valence-electron chi connectivity index (χ4n) is 2.16. The van der Waals surface area contributed by atoms with Crippen molar-refractivity contribution in [1.29, 1.82) is 5.26 Å². The van der Waals surface area contributed by atoms with Gasteiger partial charge in [-0.2, -0.15) is 5.26 Å². The summed E-state index contributed by atoms with van der Waals surface area (Å²) in [5, 5.41) is 17.8. The number of carboxylic acid groups (broad SMARTS) is 1. The SMILES string of the molecule is N#Cc1ccc(C(CC(=O)O)c2cccc(F)c2F)cc1. The third-order valence-electron chi connectivity index (χ3n) is 3.18. The number of carbonyl (C=O) groups is 1. The molecule has 106 valence electrons. The van der Waals surface area contributed by atoms with Crippen molar-refractivity contribution in [1.82, 2.24) is 0 Å². The molecular formula is C16H11F2NO2. The number of carboxylic acids is 1. The van der Waals surface area contributed by atoms with Crippen LogP contribution in [0, 0.1) is 23.0 Å². The molecule has 0 amide bonds. The summed E-state index contributed by atoms with van der Waals surface area (Å²) in [6, 6.07) is 11.8. The molecule has 0 radical (unpaired) electrons. The van der Waals surface area contributed by atoms with Crippen LogP contribution in [0.2, 0.25) is 0 Å². The number of nitrogens with zero attached hydrogens (tertiary/aromatic N) is 1. The van der Waals surface area contributed by atoms with Crippen molar-refractivity contribution in [2.24, 2.45) is 0 Å². The predicted molar refractivity (Wildman–Crippen MR) is 71.6 cm³/mol. The molecule has 3 nitrogen and oxygen atoms in total. The molecule has 0 heterocycles. The van der Waals surface area contributed by atoms with E-state index in [4.69, 9.17) is 10.4 Å². The van der Waals surface area contributed by atoms with Crippen LogP contribution >= 0.6 is 0 Å². The average molecular weight is 287 g/mol. The van der Waals surface area contributed by atoms with Gasteiger partial charge < -0.3 is 5.11 Å². The van der Waals surface area contributed by atoms with Crippen molar-refractivity contribution >= 4 is 5.97 Å². The molecule has 0 fully saturated rings. The van der Waals surface area contributed by atoms with Gasteiger partial charge in [0.2, 0.25) is 0 Å². The van der Waals surface area contributed by atoms with Crippen LogP contribution in [0.4, 0.5) is 8.78 Å². The van der Waals surface area contributed by atoms with Crippen LogP contribution in [0.1, 0.15) is 29.0 Å². The minimum Gasteiger partial charge on any atom is -0.481 e. The van der Waals surface area contributed by atoms with Crippen LogP contribution < -0.4 is 0 Å². The lowest BCUT2D eigenvalue weighted by Gasteiger charge is -2.17. The average Bonchev–Trinajstić information content (AvgIpc) is 2.48. The van der Waals surface area contributed by atoms with E-state index in [9.17, 15) is 13.6 Å². The Morgan fingerprint density at radius 3 is 2.43 bits per heavy atom. The molecule has 2 aromatic carbocycles. The smallest absolute Gasteiger partial charge is 0.304 e. The number of rotatable bonds is 4. The van der Waals surface area contributed by atoms with E-state index >= 15 is 0 Å². The van der Waals surface area contributed by atoms with E-state index in [0.29, 0.717) is 11.1 Å². The molecule has 21 heavy (non-hydrogen) atoms. The Hall–Kier alpha value is -2.74. The number of halogens is 2. The van der Waals surface area contributed by atoms with Crippen LogP contribution in [0.5, 0.6) is 0 Å². The summed E-state index contributed by atoms with van der Waals surface area (Å²) in [4.78, 5) is 11.0. The number of benzene rings is 2. The fraction of sp³-hybridized carbons (Fsp3) is 0.125. The first kappa shape index (κ1) is 14.7. The summed E-state index contributed by atoms with van der Waals surface area (Å²) >= 11 is 0. The zero-order valence-corrected chi connectivity index (χ0v) is 10.9. The normalized spacial score (nSPS) is 11.7. The van der Waals surface area contributed by atoms with Gasteiger partial charge in [-0.3, -0.25) is 4.79 Å². The Labute approximate surface area is 120 Å². The lowest BCUT2D eigenvalue weighted by Crippen LogP contribution is -2.10. The first-order valence-corrected chi connectivity index (χ1v) is 6.18. The maximum absolute atomic E-state index is 13.9. The Kier molecular flexibility index (Phi) is 4.29. The van der Waals surface area contributed by atoms with Crippen LogP contribution in [-0.4, -0.2) is 11.1 Å². The van der Waals surface area contributed by atoms with Crippen molar-refractivity contribution in [3.63, 3.8) is 0 Å². The summed E-state index contributed by atoms with van der Waals surface area (Å²) in [6.07, 6.45) is -0.369. The van der Waals surface area contributed by atoms with Crippen molar-refractivity contribution in [3.8, 4) is 6.07 Å². The highest BCUT2D eigenvalue weighted by Gasteiger charge is 2.22. The van der Waals surface area contributed by atoms with Gasteiger partial charge in [-0.1, -0.05) is 24.3 Å². The van der Waals surface area contributed by atoms with Crippen molar-refractivity contribution < 1.29 is 18.7 Å².